The Balaban J connectivity index is 1.94. The van der Waals surface area contributed by atoms with Gasteiger partial charge >= 0.3 is 0 Å². The average Bonchev–Trinajstić information content (AvgIpc) is 3.20. The molecule has 2 N–H and O–H groups in total. The Morgan fingerprint density at radius 2 is 2.15 bits per heavy atom. The smallest absolute Gasteiger partial charge is 0.147 e. The highest BCUT2D eigenvalue weighted by atomic mass is 16.1. The molecular weight excluding hydrogens is 250 g/mol. The van der Waals surface area contributed by atoms with Gasteiger partial charge in [-0.2, -0.15) is 0 Å². The molecule has 1 heterocycles. The fourth-order valence-corrected chi connectivity index (χ4v) is 2.81. The summed E-state index contributed by atoms with van der Waals surface area (Å²) in [7, 11) is 0. The number of para-hydroxylation sites is 2. The van der Waals surface area contributed by atoms with Crippen LogP contribution in [0.3, 0.4) is 0 Å². The van der Waals surface area contributed by atoms with Crippen molar-refractivity contribution in [1.29, 1.82) is 0 Å². The number of nitrogens with zero attached hydrogens (tertiary/aromatic N) is 2. The molecule has 3 rings (SSSR count). The third kappa shape index (κ3) is 2.14. The maximum atomic E-state index is 12.4. The molecule has 0 amide bonds. The van der Waals surface area contributed by atoms with Gasteiger partial charge in [0, 0.05) is 18.5 Å². The van der Waals surface area contributed by atoms with Crippen molar-refractivity contribution in [3.05, 3.63) is 30.1 Å². The van der Waals surface area contributed by atoms with Gasteiger partial charge in [-0.1, -0.05) is 19.1 Å². The maximum Gasteiger partial charge on any atom is 0.147 e. The predicted octanol–water partition coefficient (Wildman–Crippen LogP) is 2.30. The number of ketones is 1. The molecule has 0 saturated heterocycles. The van der Waals surface area contributed by atoms with Gasteiger partial charge in [-0.3, -0.25) is 4.79 Å². The minimum absolute atomic E-state index is 0.241. The lowest BCUT2D eigenvalue weighted by molar-refractivity contribution is -0.123. The van der Waals surface area contributed by atoms with Crippen LogP contribution in [0.1, 0.15) is 32.0 Å². The molecule has 1 aromatic heterocycles. The van der Waals surface area contributed by atoms with Crippen LogP contribution in [-0.2, 0) is 17.8 Å². The predicted molar refractivity (Wildman–Crippen MR) is 79.5 cm³/mol. The van der Waals surface area contributed by atoms with E-state index in [1.54, 1.807) is 0 Å². The molecule has 0 spiro atoms. The van der Waals surface area contributed by atoms with Crippen LogP contribution in [0.25, 0.3) is 11.0 Å². The fourth-order valence-electron chi connectivity index (χ4n) is 2.81. The summed E-state index contributed by atoms with van der Waals surface area (Å²) in [6, 6.07) is 8.08. The van der Waals surface area contributed by atoms with E-state index < -0.39 is 0 Å². The van der Waals surface area contributed by atoms with Crippen molar-refractivity contribution in [1.82, 2.24) is 9.55 Å². The van der Waals surface area contributed by atoms with E-state index in [1.807, 2.05) is 18.2 Å². The molecule has 106 valence electrons. The van der Waals surface area contributed by atoms with E-state index in [1.165, 1.54) is 0 Å². The number of benzene rings is 1. The molecule has 2 aromatic rings. The number of carbonyl (C=O) groups excluding carboxylic acids is 1. The van der Waals surface area contributed by atoms with Crippen molar-refractivity contribution < 1.29 is 4.79 Å². The van der Waals surface area contributed by atoms with E-state index in [9.17, 15) is 4.79 Å². The molecule has 0 radical (unpaired) electrons. The van der Waals surface area contributed by atoms with Gasteiger partial charge < -0.3 is 10.3 Å². The van der Waals surface area contributed by atoms with Crippen LogP contribution in [0.15, 0.2) is 24.3 Å². The van der Waals surface area contributed by atoms with Crippen LogP contribution in [0, 0.1) is 5.41 Å². The Kier molecular flexibility index (Phi) is 3.34. The van der Waals surface area contributed by atoms with Crippen LogP contribution in [-0.4, -0.2) is 21.9 Å². The number of imidazole rings is 1. The summed E-state index contributed by atoms with van der Waals surface area (Å²) in [4.78, 5) is 17.1. The minimum atomic E-state index is -0.241. The van der Waals surface area contributed by atoms with E-state index >= 15 is 0 Å². The van der Waals surface area contributed by atoms with Crippen LogP contribution in [0.5, 0.6) is 0 Å². The number of Topliss-reactive ketones (excluding diaryl/α,β-unsaturated/α-hetero) is 1. The van der Waals surface area contributed by atoms with Gasteiger partial charge in [0.2, 0.25) is 0 Å². The average molecular weight is 271 g/mol. The molecule has 0 unspecified atom stereocenters. The first kappa shape index (κ1) is 13.3. The number of aromatic nitrogens is 2. The third-order valence-corrected chi connectivity index (χ3v) is 4.34. The summed E-state index contributed by atoms with van der Waals surface area (Å²) in [6.07, 6.45) is 3.32. The number of hydrogen-bond acceptors (Lipinski definition) is 3. The number of carbonyl (C=O) groups is 1. The quantitative estimate of drug-likeness (QED) is 0.877. The lowest BCUT2D eigenvalue weighted by Crippen LogP contribution is -2.27. The molecule has 4 nitrogen and oxygen atoms in total. The summed E-state index contributed by atoms with van der Waals surface area (Å²) in [5.74, 6) is 1.14. The molecule has 1 aliphatic rings. The monoisotopic (exact) mass is 271 g/mol. The lowest BCUT2D eigenvalue weighted by Gasteiger charge is -2.12. The summed E-state index contributed by atoms with van der Waals surface area (Å²) in [6.45, 7) is 3.52. The first-order valence-electron chi connectivity index (χ1n) is 7.38. The largest absolute Gasteiger partial charge is 0.329 e. The standard InChI is InChI=1S/C16H21N3O/c1-2-9-19-13-6-4-3-5-12(13)18-15(19)10-14(20)16(11-17)7-8-16/h3-6H,2,7-11,17H2,1H3. The lowest BCUT2D eigenvalue weighted by atomic mass is 9.98. The second kappa shape index (κ2) is 5.02. The van der Waals surface area contributed by atoms with Crippen LogP contribution >= 0.6 is 0 Å². The Labute approximate surface area is 119 Å². The number of rotatable bonds is 6. The van der Waals surface area contributed by atoms with Gasteiger partial charge in [-0.25, -0.2) is 4.98 Å². The van der Waals surface area contributed by atoms with E-state index in [4.69, 9.17) is 5.73 Å². The first-order valence-corrected chi connectivity index (χ1v) is 7.38. The van der Waals surface area contributed by atoms with E-state index in [-0.39, 0.29) is 11.2 Å². The number of aryl methyl sites for hydroxylation is 1. The van der Waals surface area contributed by atoms with Crippen molar-refractivity contribution in [2.75, 3.05) is 6.54 Å². The topological polar surface area (TPSA) is 60.9 Å². The second-order valence-electron chi connectivity index (χ2n) is 5.75. The molecule has 1 aromatic carbocycles. The summed E-state index contributed by atoms with van der Waals surface area (Å²) >= 11 is 0. The van der Waals surface area contributed by atoms with Gasteiger partial charge in [0.15, 0.2) is 0 Å². The molecule has 1 saturated carbocycles. The van der Waals surface area contributed by atoms with Gasteiger partial charge in [-0.05, 0) is 31.4 Å². The van der Waals surface area contributed by atoms with Crippen LogP contribution < -0.4 is 5.73 Å². The van der Waals surface area contributed by atoms with Gasteiger partial charge in [0.25, 0.3) is 0 Å². The summed E-state index contributed by atoms with van der Waals surface area (Å²) in [5.41, 5.74) is 7.60. The highest BCUT2D eigenvalue weighted by Gasteiger charge is 2.48. The van der Waals surface area contributed by atoms with E-state index in [0.717, 1.165) is 42.7 Å². The molecule has 20 heavy (non-hydrogen) atoms. The zero-order valence-electron chi connectivity index (χ0n) is 11.9. The third-order valence-electron chi connectivity index (χ3n) is 4.34. The van der Waals surface area contributed by atoms with Crippen LogP contribution in [0.2, 0.25) is 0 Å². The van der Waals surface area contributed by atoms with Crippen molar-refractivity contribution in [2.24, 2.45) is 11.1 Å². The highest BCUT2D eigenvalue weighted by Crippen LogP contribution is 2.46. The van der Waals surface area contributed by atoms with E-state index in [2.05, 4.69) is 22.5 Å². The molecule has 1 fully saturated rings. The highest BCUT2D eigenvalue weighted by molar-refractivity contribution is 5.89. The Hall–Kier alpha value is -1.68. The van der Waals surface area contributed by atoms with Gasteiger partial charge in [-0.15, -0.1) is 0 Å². The van der Waals surface area contributed by atoms with Crippen LogP contribution in [0.4, 0.5) is 0 Å². The fraction of sp³-hybridized carbons (Fsp3) is 0.500. The van der Waals surface area contributed by atoms with Crippen molar-refractivity contribution >= 4 is 16.8 Å². The SMILES string of the molecule is CCCn1c(CC(=O)C2(CN)CC2)nc2ccccc21. The van der Waals surface area contributed by atoms with Gasteiger partial charge in [0.05, 0.1) is 17.5 Å². The van der Waals surface area contributed by atoms with Crippen molar-refractivity contribution in [3.8, 4) is 0 Å². The molecule has 0 aliphatic heterocycles. The molecule has 4 heteroatoms. The Bertz CT molecular complexity index is 640. The molecule has 1 aliphatic carbocycles. The van der Waals surface area contributed by atoms with Crippen molar-refractivity contribution in [2.45, 2.75) is 39.2 Å². The number of nitrogens with two attached hydrogens (primary N) is 1. The maximum absolute atomic E-state index is 12.4. The molecule has 0 atom stereocenters. The zero-order chi connectivity index (χ0) is 14.2. The molecular formula is C16H21N3O. The summed E-state index contributed by atoms with van der Waals surface area (Å²) < 4.78 is 2.18. The number of hydrogen-bond donors (Lipinski definition) is 1. The first-order chi connectivity index (χ1) is 9.70. The van der Waals surface area contributed by atoms with E-state index in [0.29, 0.717) is 13.0 Å². The number of fused-ring (bicyclic) bond motifs is 1. The normalized spacial score (nSPS) is 16.5. The summed E-state index contributed by atoms with van der Waals surface area (Å²) in [5, 5.41) is 0. The second-order valence-corrected chi connectivity index (χ2v) is 5.75. The molecule has 0 bridgehead atoms. The van der Waals surface area contributed by atoms with Crippen molar-refractivity contribution in [3.63, 3.8) is 0 Å². The van der Waals surface area contributed by atoms with Gasteiger partial charge in [0.1, 0.15) is 11.6 Å². The Morgan fingerprint density at radius 1 is 1.40 bits per heavy atom. The minimum Gasteiger partial charge on any atom is -0.329 e. The zero-order valence-corrected chi connectivity index (χ0v) is 11.9. The Morgan fingerprint density at radius 3 is 2.80 bits per heavy atom.